The summed E-state index contributed by atoms with van der Waals surface area (Å²) in [5.41, 5.74) is 2.64. The summed E-state index contributed by atoms with van der Waals surface area (Å²) < 4.78 is 25.4. The van der Waals surface area contributed by atoms with Crippen LogP contribution in [0.4, 0.5) is 0 Å². The number of hydrogen-bond acceptors (Lipinski definition) is 4. The number of nitrogens with zero attached hydrogens (tertiary/aromatic N) is 2. The van der Waals surface area contributed by atoms with Crippen molar-refractivity contribution in [2.75, 3.05) is 24.6 Å². The lowest BCUT2D eigenvalue weighted by atomic mass is 9.95. The van der Waals surface area contributed by atoms with Crippen LogP contribution in [0.1, 0.15) is 66.8 Å². The van der Waals surface area contributed by atoms with Crippen LogP contribution in [0.2, 0.25) is 0 Å². The Morgan fingerprint density at radius 3 is 2.32 bits per heavy atom. The Morgan fingerprint density at radius 2 is 1.71 bits per heavy atom. The quantitative estimate of drug-likeness (QED) is 0.824. The number of aromatic nitrogens is 1. The van der Waals surface area contributed by atoms with Crippen molar-refractivity contribution < 1.29 is 18.0 Å². The van der Waals surface area contributed by atoms with Gasteiger partial charge in [-0.25, -0.2) is 8.42 Å². The Labute approximate surface area is 167 Å². The standard InChI is InChI=1S/C20H31N3O4S/c1-14-13-18(16(3)23(14)17-7-5-4-6-8-17)19(24)21-15(2)20(25)22-9-11-28(26,27)12-10-22/h13,15,17H,4-12H2,1-3H3,(H,21,24). The molecule has 2 fully saturated rings. The maximum Gasteiger partial charge on any atom is 0.253 e. The van der Waals surface area contributed by atoms with Crippen LogP contribution >= 0.6 is 0 Å². The molecule has 1 aromatic heterocycles. The van der Waals surface area contributed by atoms with Crippen LogP contribution in [0, 0.1) is 13.8 Å². The number of carbonyl (C=O) groups excluding carboxylic acids is 2. The number of nitrogens with one attached hydrogen (secondary N) is 1. The third-order valence-corrected chi connectivity index (χ3v) is 7.65. The van der Waals surface area contributed by atoms with Crippen LogP contribution in [0.3, 0.4) is 0 Å². The van der Waals surface area contributed by atoms with Crippen molar-refractivity contribution in [2.24, 2.45) is 0 Å². The molecule has 1 aromatic rings. The molecule has 1 saturated carbocycles. The topological polar surface area (TPSA) is 88.5 Å². The van der Waals surface area contributed by atoms with Gasteiger partial charge in [0, 0.05) is 30.5 Å². The third-order valence-electron chi connectivity index (χ3n) is 6.04. The van der Waals surface area contributed by atoms with E-state index in [2.05, 4.69) is 9.88 Å². The smallest absolute Gasteiger partial charge is 0.253 e. The number of hydrogen-bond donors (Lipinski definition) is 1. The second-order valence-electron chi connectivity index (χ2n) is 8.12. The van der Waals surface area contributed by atoms with Crippen LogP contribution in [-0.2, 0) is 14.6 Å². The lowest BCUT2D eigenvalue weighted by Gasteiger charge is -2.29. The zero-order chi connectivity index (χ0) is 20.5. The zero-order valence-electron chi connectivity index (χ0n) is 17.0. The summed E-state index contributed by atoms with van der Waals surface area (Å²) in [5, 5.41) is 2.81. The number of rotatable bonds is 4. The van der Waals surface area contributed by atoms with E-state index in [0.717, 1.165) is 24.2 Å². The van der Waals surface area contributed by atoms with Crippen molar-refractivity contribution in [3.63, 3.8) is 0 Å². The second kappa shape index (κ2) is 8.27. The summed E-state index contributed by atoms with van der Waals surface area (Å²) in [5.74, 6) is -0.505. The van der Waals surface area contributed by atoms with E-state index in [1.165, 1.54) is 24.2 Å². The van der Waals surface area contributed by atoms with Crippen molar-refractivity contribution in [1.29, 1.82) is 0 Å². The SMILES string of the molecule is Cc1cc(C(=O)NC(C)C(=O)N2CCS(=O)(=O)CC2)c(C)n1C1CCCCC1. The van der Waals surface area contributed by atoms with E-state index < -0.39 is 15.9 Å². The van der Waals surface area contributed by atoms with Gasteiger partial charge in [0.2, 0.25) is 5.91 Å². The molecule has 1 aliphatic heterocycles. The van der Waals surface area contributed by atoms with Gasteiger partial charge in [-0.05, 0) is 39.7 Å². The summed E-state index contributed by atoms with van der Waals surface area (Å²) in [6.07, 6.45) is 6.01. The zero-order valence-corrected chi connectivity index (χ0v) is 17.8. The molecular formula is C20H31N3O4S. The minimum absolute atomic E-state index is 0.0120. The van der Waals surface area contributed by atoms with E-state index in [-0.39, 0.29) is 36.4 Å². The maximum absolute atomic E-state index is 12.8. The average Bonchev–Trinajstić information content (AvgIpc) is 2.96. The summed E-state index contributed by atoms with van der Waals surface area (Å²) in [6, 6.07) is 1.67. The average molecular weight is 410 g/mol. The first-order valence-corrected chi connectivity index (χ1v) is 12.0. The lowest BCUT2D eigenvalue weighted by molar-refractivity contribution is -0.132. The summed E-state index contributed by atoms with van der Waals surface area (Å²) in [4.78, 5) is 26.9. The highest BCUT2D eigenvalue weighted by Crippen LogP contribution is 2.32. The molecule has 1 unspecified atom stereocenters. The van der Waals surface area contributed by atoms with E-state index in [9.17, 15) is 18.0 Å². The number of carbonyl (C=O) groups is 2. The normalized spacial score (nSPS) is 21.3. The molecule has 0 aromatic carbocycles. The molecule has 0 bridgehead atoms. The van der Waals surface area contributed by atoms with Crippen LogP contribution in [0.25, 0.3) is 0 Å². The van der Waals surface area contributed by atoms with E-state index in [4.69, 9.17) is 0 Å². The summed E-state index contributed by atoms with van der Waals surface area (Å²) in [6.45, 7) is 6.04. The van der Waals surface area contributed by atoms with Gasteiger partial charge >= 0.3 is 0 Å². The van der Waals surface area contributed by atoms with Crippen LogP contribution in [0.15, 0.2) is 6.07 Å². The molecule has 3 rings (SSSR count). The molecule has 1 N–H and O–H groups in total. The van der Waals surface area contributed by atoms with Crippen molar-refractivity contribution in [3.05, 3.63) is 23.0 Å². The molecule has 2 amide bonds. The molecular weight excluding hydrogens is 378 g/mol. The molecule has 7 nitrogen and oxygen atoms in total. The van der Waals surface area contributed by atoms with Gasteiger partial charge in [-0.1, -0.05) is 19.3 Å². The summed E-state index contributed by atoms with van der Waals surface area (Å²) >= 11 is 0. The van der Waals surface area contributed by atoms with Gasteiger partial charge in [0.05, 0.1) is 17.1 Å². The Bertz CT molecular complexity index is 839. The fourth-order valence-electron chi connectivity index (χ4n) is 4.45. The molecule has 0 radical (unpaired) electrons. The Kier molecular flexibility index (Phi) is 6.17. The molecule has 0 spiro atoms. The van der Waals surface area contributed by atoms with Gasteiger partial charge < -0.3 is 14.8 Å². The molecule has 1 saturated heterocycles. The summed E-state index contributed by atoms with van der Waals surface area (Å²) in [7, 11) is -3.04. The number of amides is 2. The molecule has 1 aliphatic carbocycles. The van der Waals surface area contributed by atoms with Gasteiger partial charge in [-0.2, -0.15) is 0 Å². The predicted molar refractivity (Wildman–Crippen MR) is 108 cm³/mol. The van der Waals surface area contributed by atoms with E-state index >= 15 is 0 Å². The highest BCUT2D eigenvalue weighted by molar-refractivity contribution is 7.91. The minimum atomic E-state index is -3.04. The Hall–Kier alpha value is -1.83. The van der Waals surface area contributed by atoms with Gasteiger partial charge in [-0.3, -0.25) is 9.59 Å². The van der Waals surface area contributed by atoms with Gasteiger partial charge in [0.1, 0.15) is 6.04 Å². The van der Waals surface area contributed by atoms with Crippen LogP contribution in [-0.4, -0.2) is 60.3 Å². The fraction of sp³-hybridized carbons (Fsp3) is 0.700. The third kappa shape index (κ3) is 4.42. The molecule has 2 aliphatic rings. The van der Waals surface area contributed by atoms with Crippen molar-refractivity contribution in [1.82, 2.24) is 14.8 Å². The maximum atomic E-state index is 12.8. The highest BCUT2D eigenvalue weighted by atomic mass is 32.2. The molecule has 2 heterocycles. The van der Waals surface area contributed by atoms with E-state index in [1.54, 1.807) is 6.92 Å². The van der Waals surface area contributed by atoms with Crippen LogP contribution in [0.5, 0.6) is 0 Å². The lowest BCUT2D eigenvalue weighted by Crippen LogP contribution is -2.51. The van der Waals surface area contributed by atoms with Crippen molar-refractivity contribution in [3.8, 4) is 0 Å². The first-order valence-electron chi connectivity index (χ1n) is 10.2. The molecule has 28 heavy (non-hydrogen) atoms. The van der Waals surface area contributed by atoms with E-state index in [1.807, 2.05) is 19.9 Å². The van der Waals surface area contributed by atoms with Crippen molar-refractivity contribution in [2.45, 2.75) is 65.0 Å². The predicted octanol–water partition coefficient (Wildman–Crippen LogP) is 1.99. The first-order chi connectivity index (χ1) is 13.2. The second-order valence-corrected chi connectivity index (χ2v) is 10.4. The first kappa shape index (κ1) is 20.9. The van der Waals surface area contributed by atoms with E-state index in [0.29, 0.717) is 11.6 Å². The minimum Gasteiger partial charge on any atom is -0.345 e. The van der Waals surface area contributed by atoms with Crippen molar-refractivity contribution >= 4 is 21.7 Å². The molecule has 1 atom stereocenters. The number of sulfone groups is 1. The van der Waals surface area contributed by atoms with Crippen LogP contribution < -0.4 is 5.32 Å². The monoisotopic (exact) mass is 409 g/mol. The highest BCUT2D eigenvalue weighted by Gasteiger charge is 2.29. The number of aryl methyl sites for hydroxylation is 1. The molecule has 8 heteroatoms. The van der Waals surface area contributed by atoms with Gasteiger partial charge in [0.25, 0.3) is 5.91 Å². The van der Waals surface area contributed by atoms with Gasteiger partial charge in [-0.15, -0.1) is 0 Å². The van der Waals surface area contributed by atoms with Gasteiger partial charge in [0.15, 0.2) is 9.84 Å². The molecule has 156 valence electrons. The Balaban J connectivity index is 1.66. The fourth-order valence-corrected chi connectivity index (χ4v) is 5.65. The Morgan fingerprint density at radius 1 is 1.11 bits per heavy atom. The largest absolute Gasteiger partial charge is 0.345 e.